The van der Waals surface area contributed by atoms with Gasteiger partial charge in [0.25, 0.3) is 5.91 Å². The fourth-order valence-electron chi connectivity index (χ4n) is 4.57. The van der Waals surface area contributed by atoms with E-state index in [-0.39, 0.29) is 24.4 Å². The summed E-state index contributed by atoms with van der Waals surface area (Å²) in [5.41, 5.74) is 1.70. The van der Waals surface area contributed by atoms with Crippen molar-refractivity contribution >= 4 is 39.5 Å². The molecule has 3 amide bonds. The van der Waals surface area contributed by atoms with Gasteiger partial charge in [0.1, 0.15) is 0 Å². The number of methoxy groups -OCH3 is 1. The van der Waals surface area contributed by atoms with E-state index in [1.54, 1.807) is 4.90 Å². The zero-order chi connectivity index (χ0) is 23.5. The molecule has 32 heavy (non-hydrogen) atoms. The summed E-state index contributed by atoms with van der Waals surface area (Å²) in [7, 11) is 1.30. The molecule has 0 unspecified atom stereocenters. The summed E-state index contributed by atoms with van der Waals surface area (Å²) in [6.07, 6.45) is 2.07. The van der Waals surface area contributed by atoms with E-state index in [1.165, 1.54) is 7.11 Å². The second kappa shape index (κ2) is 10.2. The quantitative estimate of drug-likeness (QED) is 0.616. The Hall–Kier alpha value is -2.13. The van der Waals surface area contributed by atoms with Gasteiger partial charge in [-0.05, 0) is 66.4 Å². The summed E-state index contributed by atoms with van der Waals surface area (Å²) in [6.45, 7) is 8.77. The number of hydrogen-bond acceptors (Lipinski definition) is 5. The number of amides is 3. The lowest BCUT2D eigenvalue weighted by Gasteiger charge is -2.39. The van der Waals surface area contributed by atoms with Gasteiger partial charge in [-0.2, -0.15) is 0 Å². The Kier molecular flexibility index (Phi) is 7.82. The molecule has 0 saturated carbocycles. The van der Waals surface area contributed by atoms with Gasteiger partial charge in [0.15, 0.2) is 0 Å². The number of alkyl carbamates (subject to hydrolysis) is 1. The van der Waals surface area contributed by atoms with Crippen LogP contribution in [0.5, 0.6) is 0 Å². The van der Waals surface area contributed by atoms with Crippen LogP contribution in [0.4, 0.5) is 10.5 Å². The van der Waals surface area contributed by atoms with Crippen LogP contribution in [0.2, 0.25) is 0 Å². The lowest BCUT2D eigenvalue weighted by molar-refractivity contribution is -0.127. The van der Waals surface area contributed by atoms with E-state index in [9.17, 15) is 14.4 Å². The second-order valence-corrected chi connectivity index (χ2v) is 9.84. The van der Waals surface area contributed by atoms with Crippen molar-refractivity contribution in [2.24, 2.45) is 5.41 Å². The van der Waals surface area contributed by atoms with Crippen molar-refractivity contribution in [1.82, 2.24) is 15.5 Å². The average molecular weight is 509 g/mol. The van der Waals surface area contributed by atoms with Crippen LogP contribution in [-0.2, 0) is 16.0 Å². The maximum atomic E-state index is 13.5. The summed E-state index contributed by atoms with van der Waals surface area (Å²) in [4.78, 5) is 41.8. The molecular formula is C23H33BrN4O4. The Bertz CT molecular complexity index is 883. The van der Waals surface area contributed by atoms with Crippen LogP contribution >= 0.6 is 15.9 Å². The molecule has 1 aromatic rings. The molecule has 1 aromatic carbocycles. The Balaban J connectivity index is 1.93. The molecule has 1 fully saturated rings. The van der Waals surface area contributed by atoms with Gasteiger partial charge in [-0.1, -0.05) is 13.8 Å². The number of nitrogens with zero attached hydrogens (tertiary/aromatic N) is 2. The Labute approximate surface area is 198 Å². The highest BCUT2D eigenvalue weighted by atomic mass is 79.9. The normalized spacial score (nSPS) is 19.8. The molecule has 0 aliphatic carbocycles. The summed E-state index contributed by atoms with van der Waals surface area (Å²) in [5.74, 6) is -0.0676. The highest BCUT2D eigenvalue weighted by molar-refractivity contribution is 9.10. The predicted octanol–water partition coefficient (Wildman–Crippen LogP) is 2.93. The number of fused-ring (bicyclic) bond motifs is 1. The van der Waals surface area contributed by atoms with Crippen molar-refractivity contribution in [1.29, 1.82) is 0 Å². The smallest absolute Gasteiger partial charge is 0.406 e. The van der Waals surface area contributed by atoms with E-state index in [1.807, 2.05) is 37.8 Å². The van der Waals surface area contributed by atoms with E-state index < -0.39 is 11.5 Å². The molecule has 8 nitrogen and oxygen atoms in total. The minimum atomic E-state index is -0.577. The SMILES string of the molecule is CCN(C(=O)c1cc2c(cc1Br)CC(C)(C)C(=O)N2CCNC(=O)OC)[C@@H]1CCCNC1. The van der Waals surface area contributed by atoms with Gasteiger partial charge in [-0.3, -0.25) is 9.59 Å². The zero-order valence-electron chi connectivity index (χ0n) is 19.3. The third-order valence-electron chi connectivity index (χ3n) is 6.25. The maximum absolute atomic E-state index is 13.5. The lowest BCUT2D eigenvalue weighted by atomic mass is 9.80. The van der Waals surface area contributed by atoms with Crippen molar-refractivity contribution < 1.29 is 19.1 Å². The second-order valence-electron chi connectivity index (χ2n) is 8.99. The number of likely N-dealkylation sites (N-methyl/N-ethyl adjacent to an activating group) is 1. The monoisotopic (exact) mass is 508 g/mol. The number of benzene rings is 1. The van der Waals surface area contributed by atoms with Crippen molar-refractivity contribution in [3.63, 3.8) is 0 Å². The number of halogens is 1. The van der Waals surface area contributed by atoms with Crippen LogP contribution in [0.1, 0.15) is 49.5 Å². The Morgan fingerprint density at radius 1 is 1.38 bits per heavy atom. The molecule has 176 valence electrons. The number of hydrogen-bond donors (Lipinski definition) is 2. The Morgan fingerprint density at radius 3 is 2.75 bits per heavy atom. The standard InChI is InChI=1S/C23H33BrN4O4/c1-5-27(16-7-6-8-25-14-16)20(29)17-12-19-15(11-18(17)24)13-23(2,3)21(30)28(19)10-9-26-22(31)32-4/h11-12,16,25H,5-10,13-14H2,1-4H3,(H,26,31)/t16-/m1/s1. The van der Waals surface area contributed by atoms with Gasteiger partial charge >= 0.3 is 6.09 Å². The first-order valence-electron chi connectivity index (χ1n) is 11.2. The summed E-state index contributed by atoms with van der Waals surface area (Å²) < 4.78 is 5.36. The first-order valence-corrected chi connectivity index (χ1v) is 12.0. The van der Waals surface area contributed by atoms with Crippen molar-refractivity contribution in [3.05, 3.63) is 27.7 Å². The summed E-state index contributed by atoms with van der Waals surface area (Å²) >= 11 is 3.61. The van der Waals surface area contributed by atoms with E-state index >= 15 is 0 Å². The molecule has 3 rings (SSSR count). The molecule has 0 aromatic heterocycles. The van der Waals surface area contributed by atoms with Crippen molar-refractivity contribution in [2.45, 2.75) is 46.1 Å². The van der Waals surface area contributed by atoms with Gasteiger partial charge in [0, 0.05) is 47.8 Å². The van der Waals surface area contributed by atoms with E-state index in [0.29, 0.717) is 25.1 Å². The van der Waals surface area contributed by atoms with Crippen LogP contribution in [0.25, 0.3) is 0 Å². The third-order valence-corrected chi connectivity index (χ3v) is 6.91. The molecule has 2 N–H and O–H groups in total. The number of carbonyl (C=O) groups is 3. The van der Waals surface area contributed by atoms with Crippen LogP contribution in [-0.4, -0.2) is 68.7 Å². The van der Waals surface area contributed by atoms with Crippen LogP contribution in [0, 0.1) is 5.41 Å². The Morgan fingerprint density at radius 2 is 2.12 bits per heavy atom. The van der Waals surface area contributed by atoms with Gasteiger partial charge < -0.3 is 25.2 Å². The summed E-state index contributed by atoms with van der Waals surface area (Å²) in [5, 5.41) is 6.01. The number of carbonyl (C=O) groups excluding carboxylic acids is 3. The van der Waals surface area contributed by atoms with Gasteiger partial charge in [0.05, 0.1) is 12.7 Å². The minimum Gasteiger partial charge on any atom is -0.453 e. The average Bonchev–Trinajstić information content (AvgIpc) is 2.77. The van der Waals surface area contributed by atoms with Gasteiger partial charge in [-0.25, -0.2) is 4.79 Å². The molecule has 1 saturated heterocycles. The van der Waals surface area contributed by atoms with E-state index in [0.717, 1.165) is 41.7 Å². The fraction of sp³-hybridized carbons (Fsp3) is 0.609. The van der Waals surface area contributed by atoms with Crippen molar-refractivity contribution in [3.8, 4) is 0 Å². The van der Waals surface area contributed by atoms with E-state index in [4.69, 9.17) is 0 Å². The first kappa shape index (κ1) is 24.5. The number of ether oxygens (including phenoxy) is 1. The molecule has 2 aliphatic heterocycles. The van der Waals surface area contributed by atoms with Crippen LogP contribution in [0.3, 0.4) is 0 Å². The third kappa shape index (κ3) is 5.09. The van der Waals surface area contributed by atoms with Gasteiger partial charge in [-0.15, -0.1) is 0 Å². The van der Waals surface area contributed by atoms with Gasteiger partial charge in [0.2, 0.25) is 5.91 Å². The molecule has 2 heterocycles. The van der Waals surface area contributed by atoms with Crippen molar-refractivity contribution in [2.75, 3.05) is 44.7 Å². The van der Waals surface area contributed by atoms with Crippen LogP contribution in [0.15, 0.2) is 16.6 Å². The highest BCUT2D eigenvalue weighted by Gasteiger charge is 2.40. The fourth-order valence-corrected chi connectivity index (χ4v) is 5.13. The highest BCUT2D eigenvalue weighted by Crippen LogP contribution is 2.40. The number of nitrogens with one attached hydrogen (secondary N) is 2. The molecule has 9 heteroatoms. The van der Waals surface area contributed by atoms with E-state index in [2.05, 4.69) is 31.3 Å². The molecule has 2 aliphatic rings. The number of rotatable bonds is 6. The molecule has 0 bridgehead atoms. The predicted molar refractivity (Wildman–Crippen MR) is 127 cm³/mol. The molecule has 0 spiro atoms. The zero-order valence-corrected chi connectivity index (χ0v) is 20.9. The van der Waals surface area contributed by atoms with Crippen LogP contribution < -0.4 is 15.5 Å². The minimum absolute atomic E-state index is 0.0267. The molecule has 0 radical (unpaired) electrons. The molecular weight excluding hydrogens is 476 g/mol. The lowest BCUT2D eigenvalue weighted by Crippen LogP contribution is -2.50. The first-order chi connectivity index (χ1) is 15.2. The number of piperidine rings is 1. The topological polar surface area (TPSA) is 91.0 Å². The summed E-state index contributed by atoms with van der Waals surface area (Å²) in [6, 6.07) is 3.95. The maximum Gasteiger partial charge on any atom is 0.406 e. The number of anilines is 1. The largest absolute Gasteiger partial charge is 0.453 e. The molecule has 1 atom stereocenters.